The highest BCUT2D eigenvalue weighted by Gasteiger charge is 2.21. The van der Waals surface area contributed by atoms with Crippen molar-refractivity contribution < 1.29 is 14.5 Å². The minimum atomic E-state index is -0.587. The van der Waals surface area contributed by atoms with E-state index >= 15 is 0 Å². The van der Waals surface area contributed by atoms with Gasteiger partial charge < -0.3 is 10.1 Å². The average Bonchev–Trinajstić information content (AvgIpc) is 2.54. The standard InChI is InChI=1S/C17H18N2O4/c1-11(2)12-4-6-13(7-5-12)18-17(20)15-10-14(23-3)8-9-16(15)19(21)22/h4-11H,1-3H3,(H,18,20). The normalized spacial score (nSPS) is 10.4. The maximum atomic E-state index is 12.4. The molecule has 0 fully saturated rings. The summed E-state index contributed by atoms with van der Waals surface area (Å²) in [6.07, 6.45) is 0. The molecule has 6 nitrogen and oxygen atoms in total. The molecule has 0 atom stereocenters. The molecule has 0 aliphatic rings. The first-order valence-corrected chi connectivity index (χ1v) is 7.16. The summed E-state index contributed by atoms with van der Waals surface area (Å²) < 4.78 is 5.03. The molecule has 0 radical (unpaired) electrons. The number of ether oxygens (including phenoxy) is 1. The van der Waals surface area contributed by atoms with Gasteiger partial charge in [0.25, 0.3) is 11.6 Å². The number of anilines is 1. The van der Waals surface area contributed by atoms with Crippen LogP contribution in [0.25, 0.3) is 0 Å². The van der Waals surface area contributed by atoms with Crippen molar-refractivity contribution in [3.05, 3.63) is 63.7 Å². The summed E-state index contributed by atoms with van der Waals surface area (Å²) in [5.41, 5.74) is 1.43. The van der Waals surface area contributed by atoms with Crippen LogP contribution in [0.4, 0.5) is 11.4 Å². The first-order chi connectivity index (χ1) is 10.9. The maximum Gasteiger partial charge on any atom is 0.282 e. The summed E-state index contributed by atoms with van der Waals surface area (Å²) in [4.78, 5) is 22.9. The Bertz CT molecular complexity index is 724. The van der Waals surface area contributed by atoms with E-state index in [-0.39, 0.29) is 11.3 Å². The van der Waals surface area contributed by atoms with Gasteiger partial charge in [0.1, 0.15) is 11.3 Å². The lowest BCUT2D eigenvalue weighted by Gasteiger charge is -2.09. The summed E-state index contributed by atoms with van der Waals surface area (Å²) in [5, 5.41) is 13.8. The Labute approximate surface area is 134 Å². The van der Waals surface area contributed by atoms with Crippen molar-refractivity contribution in [3.8, 4) is 5.75 Å². The number of benzene rings is 2. The van der Waals surface area contributed by atoms with E-state index in [9.17, 15) is 14.9 Å². The van der Waals surface area contributed by atoms with Gasteiger partial charge in [-0.05, 0) is 35.7 Å². The highest BCUT2D eigenvalue weighted by Crippen LogP contribution is 2.25. The van der Waals surface area contributed by atoms with Crippen molar-refractivity contribution in [1.29, 1.82) is 0 Å². The van der Waals surface area contributed by atoms with Gasteiger partial charge in [-0.25, -0.2) is 0 Å². The molecule has 0 aromatic heterocycles. The van der Waals surface area contributed by atoms with Gasteiger partial charge >= 0.3 is 0 Å². The third kappa shape index (κ3) is 3.85. The van der Waals surface area contributed by atoms with Crippen molar-refractivity contribution in [2.24, 2.45) is 0 Å². The Morgan fingerprint density at radius 2 is 1.83 bits per heavy atom. The molecular weight excluding hydrogens is 296 g/mol. The second-order valence-corrected chi connectivity index (χ2v) is 5.37. The molecule has 0 aliphatic heterocycles. The molecule has 23 heavy (non-hydrogen) atoms. The van der Waals surface area contributed by atoms with Crippen LogP contribution in [0, 0.1) is 10.1 Å². The monoisotopic (exact) mass is 314 g/mol. The fraction of sp³-hybridized carbons (Fsp3) is 0.235. The fourth-order valence-electron chi connectivity index (χ4n) is 2.13. The Morgan fingerprint density at radius 1 is 1.17 bits per heavy atom. The lowest BCUT2D eigenvalue weighted by molar-refractivity contribution is -0.385. The minimum Gasteiger partial charge on any atom is -0.497 e. The van der Waals surface area contributed by atoms with Crippen molar-refractivity contribution >= 4 is 17.3 Å². The van der Waals surface area contributed by atoms with Crippen LogP contribution in [0.5, 0.6) is 5.75 Å². The van der Waals surface area contributed by atoms with Crippen LogP contribution in [-0.2, 0) is 0 Å². The molecule has 2 rings (SSSR count). The van der Waals surface area contributed by atoms with E-state index in [1.54, 1.807) is 12.1 Å². The van der Waals surface area contributed by atoms with Gasteiger partial charge in [0.2, 0.25) is 0 Å². The van der Waals surface area contributed by atoms with Crippen LogP contribution in [0.2, 0.25) is 0 Å². The van der Waals surface area contributed by atoms with E-state index in [1.165, 1.54) is 25.3 Å². The predicted octanol–water partition coefficient (Wildman–Crippen LogP) is 3.98. The molecule has 0 unspecified atom stereocenters. The Hall–Kier alpha value is -2.89. The number of nitro groups is 1. The van der Waals surface area contributed by atoms with E-state index in [0.29, 0.717) is 17.4 Å². The third-order valence-corrected chi connectivity index (χ3v) is 3.48. The van der Waals surface area contributed by atoms with Crippen molar-refractivity contribution in [2.75, 3.05) is 12.4 Å². The SMILES string of the molecule is COc1ccc([N+](=O)[O-])c(C(=O)Nc2ccc(C(C)C)cc2)c1. The molecule has 1 N–H and O–H groups in total. The second-order valence-electron chi connectivity index (χ2n) is 5.37. The molecule has 0 heterocycles. The Balaban J connectivity index is 2.27. The molecule has 0 saturated carbocycles. The fourth-order valence-corrected chi connectivity index (χ4v) is 2.13. The number of amides is 1. The maximum absolute atomic E-state index is 12.4. The topological polar surface area (TPSA) is 81.5 Å². The summed E-state index contributed by atoms with van der Waals surface area (Å²) in [6, 6.07) is 11.5. The van der Waals surface area contributed by atoms with E-state index in [2.05, 4.69) is 19.2 Å². The molecule has 1 amide bonds. The highest BCUT2D eigenvalue weighted by atomic mass is 16.6. The largest absolute Gasteiger partial charge is 0.497 e. The molecular formula is C17H18N2O4. The zero-order valence-electron chi connectivity index (χ0n) is 13.2. The Kier molecular flexibility index (Phi) is 4.95. The zero-order valence-corrected chi connectivity index (χ0v) is 13.2. The molecule has 2 aromatic rings. The van der Waals surface area contributed by atoms with E-state index in [4.69, 9.17) is 4.74 Å². The summed E-state index contributed by atoms with van der Waals surface area (Å²) in [6.45, 7) is 4.15. The number of carbonyl (C=O) groups is 1. The van der Waals surface area contributed by atoms with Gasteiger partial charge in [0, 0.05) is 11.8 Å². The van der Waals surface area contributed by atoms with Crippen LogP contribution in [0.15, 0.2) is 42.5 Å². The minimum absolute atomic E-state index is 0.0395. The Morgan fingerprint density at radius 3 is 2.35 bits per heavy atom. The van der Waals surface area contributed by atoms with Crippen LogP contribution in [0.3, 0.4) is 0 Å². The summed E-state index contributed by atoms with van der Waals surface area (Å²) in [7, 11) is 1.44. The predicted molar refractivity (Wildman–Crippen MR) is 88.1 cm³/mol. The van der Waals surface area contributed by atoms with Crippen molar-refractivity contribution in [1.82, 2.24) is 0 Å². The third-order valence-electron chi connectivity index (χ3n) is 3.48. The first-order valence-electron chi connectivity index (χ1n) is 7.16. The number of methoxy groups -OCH3 is 1. The van der Waals surface area contributed by atoms with Crippen LogP contribution in [0.1, 0.15) is 35.7 Å². The number of nitrogens with one attached hydrogen (secondary N) is 1. The van der Waals surface area contributed by atoms with Gasteiger partial charge in [-0.2, -0.15) is 0 Å². The summed E-state index contributed by atoms with van der Waals surface area (Å²) in [5.74, 6) is 0.225. The molecule has 120 valence electrons. The van der Waals surface area contributed by atoms with E-state index in [0.717, 1.165) is 5.56 Å². The molecule has 0 aliphatic carbocycles. The van der Waals surface area contributed by atoms with E-state index in [1.807, 2.05) is 12.1 Å². The second kappa shape index (κ2) is 6.91. The van der Waals surface area contributed by atoms with E-state index < -0.39 is 10.8 Å². The highest BCUT2D eigenvalue weighted by molar-refractivity contribution is 6.07. The number of hydrogen-bond donors (Lipinski definition) is 1. The molecule has 2 aromatic carbocycles. The smallest absolute Gasteiger partial charge is 0.282 e. The van der Waals surface area contributed by atoms with Crippen LogP contribution < -0.4 is 10.1 Å². The number of rotatable bonds is 5. The van der Waals surface area contributed by atoms with Crippen molar-refractivity contribution in [3.63, 3.8) is 0 Å². The van der Waals surface area contributed by atoms with Gasteiger partial charge in [-0.1, -0.05) is 26.0 Å². The lowest BCUT2D eigenvalue weighted by Crippen LogP contribution is -2.14. The molecule has 0 spiro atoms. The van der Waals surface area contributed by atoms with Gasteiger partial charge in [0.05, 0.1) is 12.0 Å². The molecule has 0 saturated heterocycles. The molecule has 6 heteroatoms. The molecule has 0 bridgehead atoms. The van der Waals surface area contributed by atoms with Crippen LogP contribution in [-0.4, -0.2) is 17.9 Å². The lowest BCUT2D eigenvalue weighted by atomic mass is 10.0. The first kappa shape index (κ1) is 16.5. The van der Waals surface area contributed by atoms with Gasteiger partial charge in [-0.3, -0.25) is 14.9 Å². The summed E-state index contributed by atoms with van der Waals surface area (Å²) >= 11 is 0. The number of nitro benzene ring substituents is 1. The van der Waals surface area contributed by atoms with Gasteiger partial charge in [-0.15, -0.1) is 0 Å². The number of nitrogens with zero attached hydrogens (tertiary/aromatic N) is 1. The number of hydrogen-bond acceptors (Lipinski definition) is 4. The van der Waals surface area contributed by atoms with Crippen molar-refractivity contribution in [2.45, 2.75) is 19.8 Å². The quantitative estimate of drug-likeness (QED) is 0.668. The number of carbonyl (C=O) groups excluding carboxylic acids is 1. The van der Waals surface area contributed by atoms with Crippen LogP contribution >= 0.6 is 0 Å². The zero-order chi connectivity index (χ0) is 17.0. The average molecular weight is 314 g/mol. The van der Waals surface area contributed by atoms with Gasteiger partial charge in [0.15, 0.2) is 0 Å².